The molecule has 0 atom stereocenters. The first-order chi connectivity index (χ1) is 3.91. The van der Waals surface area contributed by atoms with Gasteiger partial charge in [-0.1, -0.05) is 12.2 Å². The molecule has 0 aromatic rings. The van der Waals surface area contributed by atoms with Crippen LogP contribution in [-0.4, -0.2) is 23.2 Å². The first-order valence-electron chi connectivity index (χ1n) is 2.71. The van der Waals surface area contributed by atoms with E-state index in [1.165, 1.54) is 0 Å². The van der Waals surface area contributed by atoms with Gasteiger partial charge < -0.3 is 5.11 Å². The van der Waals surface area contributed by atoms with Gasteiger partial charge in [-0.3, -0.25) is 0 Å². The summed E-state index contributed by atoms with van der Waals surface area (Å²) in [6.07, 6.45) is 4.10. The summed E-state index contributed by atoms with van der Waals surface area (Å²) in [4.78, 5) is 0. The molecule has 0 bridgehead atoms. The number of aliphatic hydroxyl groups is 1. The van der Waals surface area contributed by atoms with E-state index < -0.39 is 0 Å². The minimum Gasteiger partial charge on any atom is -0.396 e. The van der Waals surface area contributed by atoms with Gasteiger partial charge in [0, 0.05) is 11.5 Å². The lowest BCUT2D eigenvalue weighted by Gasteiger charge is -1.89. The van der Waals surface area contributed by atoms with Crippen molar-refractivity contribution in [2.24, 2.45) is 0 Å². The van der Waals surface area contributed by atoms with Gasteiger partial charge in [0.2, 0.25) is 0 Å². The molecule has 0 aromatic heterocycles. The lowest BCUT2D eigenvalue weighted by Crippen LogP contribution is -1.85. The monoisotopic (exact) mass is 132 g/mol. The maximum atomic E-state index is 8.32. The molecule has 0 spiro atoms. The zero-order valence-corrected chi connectivity index (χ0v) is 5.95. The molecule has 0 saturated carbocycles. The Balaban J connectivity index is 2.72. The maximum Gasteiger partial charge on any atom is 0.0521 e. The van der Waals surface area contributed by atoms with Gasteiger partial charge in [-0.05, 0) is 6.92 Å². The molecule has 0 aliphatic heterocycles. The van der Waals surface area contributed by atoms with Gasteiger partial charge in [-0.2, -0.15) is 11.8 Å². The lowest BCUT2D eigenvalue weighted by molar-refractivity contribution is 0.322. The van der Waals surface area contributed by atoms with Crippen molar-refractivity contribution in [2.45, 2.75) is 6.92 Å². The second-order valence-corrected chi connectivity index (χ2v) is 2.52. The summed E-state index contributed by atoms with van der Waals surface area (Å²) < 4.78 is 0. The van der Waals surface area contributed by atoms with Gasteiger partial charge in [0.05, 0.1) is 6.61 Å². The summed E-state index contributed by atoms with van der Waals surface area (Å²) in [6, 6.07) is 0. The van der Waals surface area contributed by atoms with Gasteiger partial charge in [-0.15, -0.1) is 0 Å². The highest BCUT2D eigenvalue weighted by atomic mass is 32.2. The Morgan fingerprint density at radius 1 is 1.62 bits per heavy atom. The van der Waals surface area contributed by atoms with Crippen LogP contribution in [0.5, 0.6) is 0 Å². The highest BCUT2D eigenvalue weighted by molar-refractivity contribution is 7.99. The summed E-state index contributed by atoms with van der Waals surface area (Å²) >= 11 is 1.74. The molecule has 8 heavy (non-hydrogen) atoms. The average molecular weight is 132 g/mol. The molecule has 0 radical (unpaired) electrons. The number of rotatable bonds is 4. The van der Waals surface area contributed by atoms with E-state index in [1.54, 1.807) is 11.8 Å². The van der Waals surface area contributed by atoms with Crippen molar-refractivity contribution in [3.63, 3.8) is 0 Å². The molecule has 0 aliphatic carbocycles. The van der Waals surface area contributed by atoms with E-state index in [0.717, 1.165) is 11.5 Å². The van der Waals surface area contributed by atoms with Gasteiger partial charge in [0.25, 0.3) is 0 Å². The van der Waals surface area contributed by atoms with Crippen LogP contribution < -0.4 is 0 Å². The van der Waals surface area contributed by atoms with E-state index in [1.807, 2.05) is 13.0 Å². The standard InChI is InChI=1S/C6H12OS/c1-2-3-5-8-6-4-7/h2-3,7H,4-6H2,1H3/b3-2+. The molecule has 0 rings (SSSR count). The minimum absolute atomic E-state index is 0.294. The first kappa shape index (κ1) is 8.05. The van der Waals surface area contributed by atoms with E-state index in [2.05, 4.69) is 6.08 Å². The number of thioether (sulfide) groups is 1. The SMILES string of the molecule is C/C=C/CSCCO. The van der Waals surface area contributed by atoms with Crippen LogP contribution in [0.15, 0.2) is 12.2 Å². The Hall–Kier alpha value is 0.0500. The molecule has 0 saturated heterocycles. The zero-order valence-electron chi connectivity index (χ0n) is 5.13. The van der Waals surface area contributed by atoms with Crippen LogP contribution in [0.25, 0.3) is 0 Å². The van der Waals surface area contributed by atoms with E-state index in [0.29, 0.717) is 6.61 Å². The largest absolute Gasteiger partial charge is 0.396 e. The Bertz CT molecular complexity index is 61.5. The zero-order chi connectivity index (χ0) is 6.24. The third-order valence-corrected chi connectivity index (χ3v) is 1.58. The molecule has 0 unspecified atom stereocenters. The van der Waals surface area contributed by atoms with Crippen molar-refractivity contribution in [1.29, 1.82) is 0 Å². The number of aliphatic hydroxyl groups excluding tert-OH is 1. The Morgan fingerprint density at radius 3 is 2.88 bits per heavy atom. The fourth-order valence-electron chi connectivity index (χ4n) is 0.312. The number of hydrogen-bond donors (Lipinski definition) is 1. The fourth-order valence-corrected chi connectivity index (χ4v) is 0.936. The summed E-state index contributed by atoms with van der Waals surface area (Å²) in [6.45, 7) is 2.29. The highest BCUT2D eigenvalue weighted by Crippen LogP contribution is 1.97. The highest BCUT2D eigenvalue weighted by Gasteiger charge is 1.78. The summed E-state index contributed by atoms with van der Waals surface area (Å²) in [5.41, 5.74) is 0. The summed E-state index contributed by atoms with van der Waals surface area (Å²) in [7, 11) is 0. The fraction of sp³-hybridized carbons (Fsp3) is 0.667. The van der Waals surface area contributed by atoms with E-state index in [-0.39, 0.29) is 0 Å². The van der Waals surface area contributed by atoms with Crippen LogP contribution in [0.3, 0.4) is 0 Å². The first-order valence-corrected chi connectivity index (χ1v) is 3.87. The van der Waals surface area contributed by atoms with Crippen molar-refractivity contribution in [2.75, 3.05) is 18.1 Å². The lowest BCUT2D eigenvalue weighted by atomic mass is 10.6. The summed E-state index contributed by atoms with van der Waals surface area (Å²) in [5, 5.41) is 8.32. The van der Waals surface area contributed by atoms with Gasteiger partial charge in [-0.25, -0.2) is 0 Å². The van der Waals surface area contributed by atoms with E-state index in [4.69, 9.17) is 5.11 Å². The van der Waals surface area contributed by atoms with Gasteiger partial charge in [0.15, 0.2) is 0 Å². The predicted molar refractivity (Wildman–Crippen MR) is 39.2 cm³/mol. The molecule has 0 aromatic carbocycles. The van der Waals surface area contributed by atoms with Gasteiger partial charge >= 0.3 is 0 Å². The van der Waals surface area contributed by atoms with Crippen LogP contribution >= 0.6 is 11.8 Å². The topological polar surface area (TPSA) is 20.2 Å². The molecule has 48 valence electrons. The van der Waals surface area contributed by atoms with E-state index in [9.17, 15) is 0 Å². The molecule has 0 amide bonds. The summed E-state index contributed by atoms with van der Waals surface area (Å²) in [5.74, 6) is 1.88. The Kier molecular flexibility index (Phi) is 7.09. The van der Waals surface area contributed by atoms with Crippen LogP contribution in [-0.2, 0) is 0 Å². The quantitative estimate of drug-likeness (QED) is 0.459. The van der Waals surface area contributed by atoms with Crippen LogP contribution in [0.2, 0.25) is 0 Å². The normalized spacial score (nSPS) is 10.8. The maximum absolute atomic E-state index is 8.32. The van der Waals surface area contributed by atoms with Crippen molar-refractivity contribution >= 4 is 11.8 Å². The Labute approximate surface area is 54.8 Å². The smallest absolute Gasteiger partial charge is 0.0521 e. The van der Waals surface area contributed by atoms with Gasteiger partial charge in [0.1, 0.15) is 0 Å². The molecular formula is C6H12OS. The van der Waals surface area contributed by atoms with Crippen molar-refractivity contribution in [3.8, 4) is 0 Å². The second-order valence-electron chi connectivity index (χ2n) is 1.37. The third kappa shape index (κ3) is 6.05. The third-order valence-electron chi connectivity index (χ3n) is 0.685. The van der Waals surface area contributed by atoms with Crippen LogP contribution in [0.4, 0.5) is 0 Å². The number of hydrogen-bond acceptors (Lipinski definition) is 2. The van der Waals surface area contributed by atoms with Crippen molar-refractivity contribution in [3.05, 3.63) is 12.2 Å². The number of allylic oxidation sites excluding steroid dienone is 1. The van der Waals surface area contributed by atoms with Crippen molar-refractivity contribution in [1.82, 2.24) is 0 Å². The van der Waals surface area contributed by atoms with Crippen molar-refractivity contribution < 1.29 is 5.11 Å². The average Bonchev–Trinajstić information content (AvgIpc) is 1.81. The van der Waals surface area contributed by atoms with Crippen LogP contribution in [0.1, 0.15) is 6.92 Å². The molecule has 0 aliphatic rings. The molecular weight excluding hydrogens is 120 g/mol. The van der Waals surface area contributed by atoms with E-state index >= 15 is 0 Å². The molecule has 2 heteroatoms. The van der Waals surface area contributed by atoms with Crippen LogP contribution in [0, 0.1) is 0 Å². The molecule has 0 heterocycles. The molecule has 1 nitrogen and oxygen atoms in total. The minimum atomic E-state index is 0.294. The predicted octanol–water partition coefficient (Wildman–Crippen LogP) is 1.29. The molecule has 1 N–H and O–H groups in total. The Morgan fingerprint density at radius 2 is 2.38 bits per heavy atom. The second kappa shape index (κ2) is 7.05. The molecule has 0 fully saturated rings.